The lowest BCUT2D eigenvalue weighted by molar-refractivity contribution is -0.137. The largest absolute Gasteiger partial charge is 0.385 e. The average molecular weight is 270 g/mol. The maximum absolute atomic E-state index is 12.4. The van der Waals surface area contributed by atoms with Gasteiger partial charge in [0.05, 0.1) is 6.04 Å². The molecule has 1 aliphatic rings. The zero-order valence-electron chi connectivity index (χ0n) is 13.0. The fourth-order valence-electron chi connectivity index (χ4n) is 2.58. The SMILES string of the molecule is CCCNC1CCCN(CC(C)(C)CCOC)C1=O. The molecule has 0 radical (unpaired) electrons. The molecule has 1 saturated heterocycles. The molecule has 112 valence electrons. The van der Waals surface area contributed by atoms with Gasteiger partial charge < -0.3 is 15.0 Å². The van der Waals surface area contributed by atoms with Gasteiger partial charge in [-0.2, -0.15) is 0 Å². The molecule has 0 aromatic carbocycles. The zero-order valence-corrected chi connectivity index (χ0v) is 13.0. The van der Waals surface area contributed by atoms with Gasteiger partial charge in [-0.3, -0.25) is 4.79 Å². The Kier molecular flexibility index (Phi) is 6.80. The topological polar surface area (TPSA) is 41.6 Å². The molecule has 4 heteroatoms. The summed E-state index contributed by atoms with van der Waals surface area (Å²) >= 11 is 0. The van der Waals surface area contributed by atoms with Gasteiger partial charge in [-0.25, -0.2) is 0 Å². The molecule has 1 heterocycles. The van der Waals surface area contributed by atoms with Gasteiger partial charge in [-0.05, 0) is 37.6 Å². The van der Waals surface area contributed by atoms with Gasteiger partial charge in [-0.15, -0.1) is 0 Å². The van der Waals surface area contributed by atoms with Gasteiger partial charge in [0.1, 0.15) is 0 Å². The highest BCUT2D eigenvalue weighted by Gasteiger charge is 2.31. The van der Waals surface area contributed by atoms with Crippen molar-refractivity contribution in [3.8, 4) is 0 Å². The lowest BCUT2D eigenvalue weighted by Gasteiger charge is -2.38. The molecule has 4 nitrogen and oxygen atoms in total. The second kappa shape index (κ2) is 7.85. The first-order valence-corrected chi connectivity index (χ1v) is 7.51. The first-order valence-electron chi connectivity index (χ1n) is 7.51. The van der Waals surface area contributed by atoms with Crippen LogP contribution in [0.15, 0.2) is 0 Å². The maximum Gasteiger partial charge on any atom is 0.239 e. The van der Waals surface area contributed by atoms with E-state index in [0.717, 1.165) is 51.9 Å². The van der Waals surface area contributed by atoms with E-state index in [4.69, 9.17) is 4.74 Å². The van der Waals surface area contributed by atoms with Crippen molar-refractivity contribution >= 4 is 5.91 Å². The van der Waals surface area contributed by atoms with Crippen LogP contribution in [0.4, 0.5) is 0 Å². The molecule has 1 atom stereocenters. The Morgan fingerprint density at radius 3 is 2.84 bits per heavy atom. The van der Waals surface area contributed by atoms with Gasteiger partial charge in [0.2, 0.25) is 5.91 Å². The van der Waals surface area contributed by atoms with Crippen LogP contribution in [0.1, 0.15) is 46.5 Å². The molecule has 1 unspecified atom stereocenters. The molecular formula is C15H30N2O2. The lowest BCUT2D eigenvalue weighted by atomic mass is 9.88. The summed E-state index contributed by atoms with van der Waals surface area (Å²) in [5.41, 5.74) is 0.123. The number of nitrogens with zero attached hydrogens (tertiary/aromatic N) is 1. The molecule has 0 aromatic rings. The number of carbonyl (C=O) groups excluding carboxylic acids is 1. The number of methoxy groups -OCH3 is 1. The van der Waals surface area contributed by atoms with E-state index in [0.29, 0.717) is 0 Å². The summed E-state index contributed by atoms with van der Waals surface area (Å²) < 4.78 is 5.15. The predicted octanol–water partition coefficient (Wildman–Crippen LogP) is 2.04. The van der Waals surface area contributed by atoms with E-state index in [1.54, 1.807) is 7.11 Å². The number of carbonyl (C=O) groups is 1. The molecule has 1 N–H and O–H groups in total. The number of ether oxygens (including phenoxy) is 1. The number of rotatable bonds is 8. The third kappa shape index (κ3) is 5.49. The van der Waals surface area contributed by atoms with E-state index in [2.05, 4.69) is 26.1 Å². The maximum atomic E-state index is 12.4. The van der Waals surface area contributed by atoms with Crippen LogP contribution in [-0.2, 0) is 9.53 Å². The molecule has 0 spiro atoms. The summed E-state index contributed by atoms with van der Waals surface area (Å²) in [6, 6.07) is 0.0342. The van der Waals surface area contributed by atoms with E-state index in [9.17, 15) is 4.79 Å². The second-order valence-corrected chi connectivity index (χ2v) is 6.32. The van der Waals surface area contributed by atoms with E-state index in [-0.39, 0.29) is 17.4 Å². The number of hydrogen-bond acceptors (Lipinski definition) is 3. The van der Waals surface area contributed by atoms with Crippen LogP contribution in [0, 0.1) is 5.41 Å². The molecule has 0 saturated carbocycles. The molecule has 1 aliphatic heterocycles. The van der Waals surface area contributed by atoms with Gasteiger partial charge in [0.15, 0.2) is 0 Å². The Morgan fingerprint density at radius 2 is 2.21 bits per heavy atom. The molecule has 0 aliphatic carbocycles. The van der Waals surface area contributed by atoms with Crippen molar-refractivity contribution in [2.45, 2.75) is 52.5 Å². The highest BCUT2D eigenvalue weighted by atomic mass is 16.5. The summed E-state index contributed by atoms with van der Waals surface area (Å²) in [4.78, 5) is 14.4. The summed E-state index contributed by atoms with van der Waals surface area (Å²) in [5, 5.41) is 3.36. The molecule has 19 heavy (non-hydrogen) atoms. The summed E-state index contributed by atoms with van der Waals surface area (Å²) in [7, 11) is 1.73. The first kappa shape index (κ1) is 16.4. The minimum Gasteiger partial charge on any atom is -0.385 e. The smallest absolute Gasteiger partial charge is 0.239 e. The van der Waals surface area contributed by atoms with Gasteiger partial charge in [-0.1, -0.05) is 20.8 Å². The third-order valence-corrected chi connectivity index (χ3v) is 3.77. The highest BCUT2D eigenvalue weighted by molar-refractivity contribution is 5.82. The Bertz CT molecular complexity index is 279. The second-order valence-electron chi connectivity index (χ2n) is 6.32. The quantitative estimate of drug-likeness (QED) is 0.734. The molecule has 0 bridgehead atoms. The van der Waals surface area contributed by atoms with Crippen molar-refractivity contribution in [3.05, 3.63) is 0 Å². The van der Waals surface area contributed by atoms with Crippen LogP contribution in [-0.4, -0.2) is 50.2 Å². The Hall–Kier alpha value is -0.610. The summed E-state index contributed by atoms with van der Waals surface area (Å²) in [6.45, 7) is 9.97. The standard InChI is InChI=1S/C15H30N2O2/c1-5-9-16-13-7-6-10-17(14(13)18)12-15(2,3)8-11-19-4/h13,16H,5-12H2,1-4H3. The van der Waals surface area contributed by atoms with Crippen LogP contribution >= 0.6 is 0 Å². The third-order valence-electron chi connectivity index (χ3n) is 3.77. The van der Waals surface area contributed by atoms with E-state index in [1.807, 2.05) is 4.90 Å². The first-order chi connectivity index (χ1) is 9.00. The number of hydrogen-bond donors (Lipinski definition) is 1. The Labute approximate surface area is 117 Å². The van der Waals surface area contributed by atoms with Crippen molar-refractivity contribution in [3.63, 3.8) is 0 Å². The van der Waals surface area contributed by atoms with Crippen LogP contribution < -0.4 is 5.32 Å². The van der Waals surface area contributed by atoms with E-state index < -0.39 is 0 Å². The van der Waals surface area contributed by atoms with Crippen LogP contribution in [0.5, 0.6) is 0 Å². The predicted molar refractivity (Wildman–Crippen MR) is 78.2 cm³/mol. The van der Waals surface area contributed by atoms with Crippen LogP contribution in [0.3, 0.4) is 0 Å². The minimum absolute atomic E-state index is 0.0342. The molecular weight excluding hydrogens is 240 g/mol. The fraction of sp³-hybridized carbons (Fsp3) is 0.933. The molecule has 1 amide bonds. The molecule has 1 rings (SSSR count). The van der Waals surface area contributed by atoms with Crippen molar-refractivity contribution in [2.75, 3.05) is 33.4 Å². The van der Waals surface area contributed by atoms with Gasteiger partial charge in [0.25, 0.3) is 0 Å². The molecule has 1 fully saturated rings. The van der Waals surface area contributed by atoms with Gasteiger partial charge in [0, 0.05) is 26.8 Å². The number of likely N-dealkylation sites (tertiary alicyclic amines) is 1. The van der Waals surface area contributed by atoms with Crippen molar-refractivity contribution < 1.29 is 9.53 Å². The minimum atomic E-state index is 0.0342. The Morgan fingerprint density at radius 1 is 1.47 bits per heavy atom. The fourth-order valence-corrected chi connectivity index (χ4v) is 2.58. The number of piperidine rings is 1. The Balaban J connectivity index is 2.50. The zero-order chi connectivity index (χ0) is 14.3. The number of amides is 1. The van der Waals surface area contributed by atoms with Crippen LogP contribution in [0.25, 0.3) is 0 Å². The lowest BCUT2D eigenvalue weighted by Crippen LogP contribution is -2.53. The van der Waals surface area contributed by atoms with Crippen molar-refractivity contribution in [1.29, 1.82) is 0 Å². The number of nitrogens with one attached hydrogen (secondary N) is 1. The van der Waals surface area contributed by atoms with Gasteiger partial charge >= 0.3 is 0 Å². The van der Waals surface area contributed by atoms with Crippen molar-refractivity contribution in [2.24, 2.45) is 5.41 Å². The van der Waals surface area contributed by atoms with E-state index >= 15 is 0 Å². The summed E-state index contributed by atoms with van der Waals surface area (Å²) in [6.07, 6.45) is 4.14. The molecule has 0 aromatic heterocycles. The monoisotopic (exact) mass is 270 g/mol. The highest BCUT2D eigenvalue weighted by Crippen LogP contribution is 2.24. The average Bonchev–Trinajstić information content (AvgIpc) is 2.37. The van der Waals surface area contributed by atoms with E-state index in [1.165, 1.54) is 0 Å². The van der Waals surface area contributed by atoms with Crippen molar-refractivity contribution in [1.82, 2.24) is 10.2 Å². The van der Waals surface area contributed by atoms with Crippen LogP contribution in [0.2, 0.25) is 0 Å². The summed E-state index contributed by atoms with van der Waals surface area (Å²) in [5.74, 6) is 0.283. The normalized spacial score (nSPS) is 20.9.